The molecule has 1 aromatic carbocycles. The van der Waals surface area contributed by atoms with Gasteiger partial charge >= 0.3 is 6.03 Å². The Hall–Kier alpha value is -2.29. The Balaban J connectivity index is 1.52. The minimum absolute atomic E-state index is 0.0364. The molecule has 0 aliphatic carbocycles. The topological polar surface area (TPSA) is 98.8 Å². The zero-order chi connectivity index (χ0) is 18.7. The molecule has 2 aliphatic rings. The molecule has 0 aromatic heterocycles. The van der Waals surface area contributed by atoms with Crippen LogP contribution in [-0.4, -0.2) is 69.0 Å². The molecule has 2 saturated heterocycles. The minimum atomic E-state index is -3.00. The number of carbonyl (C=O) groups excluding carboxylic acids is 2. The number of benzene rings is 1. The summed E-state index contributed by atoms with van der Waals surface area (Å²) in [6.45, 7) is 3.96. The van der Waals surface area contributed by atoms with E-state index in [1.165, 1.54) is 6.92 Å². The zero-order valence-corrected chi connectivity index (χ0v) is 15.6. The van der Waals surface area contributed by atoms with Gasteiger partial charge in [-0.25, -0.2) is 13.2 Å². The summed E-state index contributed by atoms with van der Waals surface area (Å²) < 4.78 is 23.0. The Kier molecular flexibility index (Phi) is 5.36. The average Bonchev–Trinajstić information content (AvgIpc) is 2.93. The lowest BCUT2D eigenvalue weighted by molar-refractivity contribution is -0.114. The molecule has 26 heavy (non-hydrogen) atoms. The lowest BCUT2D eigenvalue weighted by atomic mass is 10.2. The second kappa shape index (κ2) is 7.53. The van der Waals surface area contributed by atoms with E-state index in [1.807, 2.05) is 24.3 Å². The predicted molar refractivity (Wildman–Crippen MR) is 100 cm³/mol. The lowest BCUT2D eigenvalue weighted by Crippen LogP contribution is -2.53. The van der Waals surface area contributed by atoms with E-state index in [0.717, 1.165) is 11.4 Å². The van der Waals surface area contributed by atoms with E-state index in [0.29, 0.717) is 32.6 Å². The van der Waals surface area contributed by atoms with E-state index in [1.54, 1.807) is 4.90 Å². The van der Waals surface area contributed by atoms with Gasteiger partial charge in [0.1, 0.15) is 0 Å². The number of sulfone groups is 1. The first-order valence-corrected chi connectivity index (χ1v) is 10.5. The second-order valence-corrected chi connectivity index (χ2v) is 8.98. The predicted octanol–water partition coefficient (Wildman–Crippen LogP) is 0.664. The number of carbonyl (C=O) groups is 2. The first-order valence-electron chi connectivity index (χ1n) is 8.71. The molecule has 9 heteroatoms. The van der Waals surface area contributed by atoms with Crippen molar-refractivity contribution in [1.82, 2.24) is 10.2 Å². The van der Waals surface area contributed by atoms with Crippen LogP contribution in [0.15, 0.2) is 24.3 Å². The van der Waals surface area contributed by atoms with Gasteiger partial charge in [0.15, 0.2) is 9.84 Å². The van der Waals surface area contributed by atoms with Crippen molar-refractivity contribution >= 4 is 33.2 Å². The van der Waals surface area contributed by atoms with Gasteiger partial charge in [0.05, 0.1) is 11.5 Å². The van der Waals surface area contributed by atoms with E-state index >= 15 is 0 Å². The van der Waals surface area contributed by atoms with Gasteiger partial charge in [0.25, 0.3) is 0 Å². The number of rotatable bonds is 3. The molecule has 1 unspecified atom stereocenters. The SMILES string of the molecule is CC(=O)Nc1cccc(N2CCN(C(=O)NC3CCS(=O)(=O)C3)CC2)c1. The van der Waals surface area contributed by atoms with E-state index in [-0.39, 0.29) is 29.5 Å². The molecule has 2 fully saturated rings. The number of hydrogen-bond donors (Lipinski definition) is 2. The molecular weight excluding hydrogens is 356 g/mol. The third-order valence-electron chi connectivity index (χ3n) is 4.66. The number of piperazine rings is 1. The summed E-state index contributed by atoms with van der Waals surface area (Å²) >= 11 is 0. The molecule has 142 valence electrons. The van der Waals surface area contributed by atoms with E-state index in [4.69, 9.17) is 0 Å². The molecule has 3 amide bonds. The van der Waals surface area contributed by atoms with Crippen LogP contribution in [0.5, 0.6) is 0 Å². The highest BCUT2D eigenvalue weighted by Crippen LogP contribution is 2.21. The number of nitrogens with zero attached hydrogens (tertiary/aromatic N) is 2. The summed E-state index contributed by atoms with van der Waals surface area (Å²) in [5, 5.41) is 5.60. The average molecular weight is 380 g/mol. The fourth-order valence-corrected chi connectivity index (χ4v) is 5.00. The van der Waals surface area contributed by atoms with Crippen LogP contribution in [0.2, 0.25) is 0 Å². The van der Waals surface area contributed by atoms with Crippen molar-refractivity contribution in [2.24, 2.45) is 0 Å². The van der Waals surface area contributed by atoms with Crippen molar-refractivity contribution < 1.29 is 18.0 Å². The summed E-state index contributed by atoms with van der Waals surface area (Å²) in [4.78, 5) is 27.4. The van der Waals surface area contributed by atoms with Crippen LogP contribution < -0.4 is 15.5 Å². The van der Waals surface area contributed by atoms with Crippen LogP contribution in [0.3, 0.4) is 0 Å². The highest BCUT2D eigenvalue weighted by molar-refractivity contribution is 7.91. The van der Waals surface area contributed by atoms with Crippen LogP contribution in [0.4, 0.5) is 16.2 Å². The van der Waals surface area contributed by atoms with Gasteiger partial charge in [-0.1, -0.05) is 6.07 Å². The number of urea groups is 1. The first kappa shape index (κ1) is 18.5. The Morgan fingerprint density at radius 3 is 2.50 bits per heavy atom. The third-order valence-corrected chi connectivity index (χ3v) is 6.43. The van der Waals surface area contributed by atoms with Crippen molar-refractivity contribution in [3.63, 3.8) is 0 Å². The molecule has 2 N–H and O–H groups in total. The highest BCUT2D eigenvalue weighted by atomic mass is 32.2. The van der Waals surface area contributed by atoms with Crippen LogP contribution in [0, 0.1) is 0 Å². The smallest absolute Gasteiger partial charge is 0.317 e. The highest BCUT2D eigenvalue weighted by Gasteiger charge is 2.31. The minimum Gasteiger partial charge on any atom is -0.368 e. The fourth-order valence-electron chi connectivity index (χ4n) is 3.33. The van der Waals surface area contributed by atoms with Gasteiger partial charge in [-0.15, -0.1) is 0 Å². The van der Waals surface area contributed by atoms with Gasteiger partial charge in [0, 0.05) is 50.5 Å². The Labute approximate surface area is 153 Å². The van der Waals surface area contributed by atoms with E-state index in [2.05, 4.69) is 15.5 Å². The maximum Gasteiger partial charge on any atom is 0.317 e. The molecule has 0 spiro atoms. The van der Waals surface area contributed by atoms with Crippen molar-refractivity contribution in [3.05, 3.63) is 24.3 Å². The van der Waals surface area contributed by atoms with Gasteiger partial charge in [-0.3, -0.25) is 4.79 Å². The molecule has 1 aromatic rings. The maximum atomic E-state index is 12.3. The third kappa shape index (κ3) is 4.66. The number of anilines is 2. The van der Waals surface area contributed by atoms with Crippen molar-refractivity contribution in [1.29, 1.82) is 0 Å². The van der Waals surface area contributed by atoms with Gasteiger partial charge in [-0.05, 0) is 24.6 Å². The van der Waals surface area contributed by atoms with E-state index < -0.39 is 9.84 Å². The summed E-state index contributed by atoms with van der Waals surface area (Å²) in [5.74, 6) is 0.0722. The monoisotopic (exact) mass is 380 g/mol. The van der Waals surface area contributed by atoms with Crippen LogP contribution in [0.1, 0.15) is 13.3 Å². The fraction of sp³-hybridized carbons (Fsp3) is 0.529. The Bertz CT molecular complexity index is 788. The molecule has 0 radical (unpaired) electrons. The second-order valence-electron chi connectivity index (χ2n) is 6.76. The Morgan fingerprint density at radius 1 is 1.15 bits per heavy atom. The lowest BCUT2D eigenvalue weighted by Gasteiger charge is -2.36. The summed E-state index contributed by atoms with van der Waals surface area (Å²) in [6, 6.07) is 7.15. The standard InChI is InChI=1S/C17H24N4O4S/c1-13(22)18-14-3-2-4-16(11-14)20-6-8-21(9-7-20)17(23)19-15-5-10-26(24,25)12-15/h2-4,11,15H,5-10,12H2,1H3,(H,18,22)(H,19,23). The van der Waals surface area contributed by atoms with Crippen molar-refractivity contribution in [2.45, 2.75) is 19.4 Å². The van der Waals surface area contributed by atoms with Crippen molar-refractivity contribution in [2.75, 3.05) is 47.9 Å². The molecule has 2 heterocycles. The van der Waals surface area contributed by atoms with Crippen LogP contribution in [0.25, 0.3) is 0 Å². The molecule has 3 rings (SSSR count). The summed E-state index contributed by atoms with van der Waals surface area (Å²) in [6.07, 6.45) is 0.490. The maximum absolute atomic E-state index is 12.3. The molecule has 0 saturated carbocycles. The quantitative estimate of drug-likeness (QED) is 0.803. The summed E-state index contributed by atoms with van der Waals surface area (Å²) in [5.41, 5.74) is 1.75. The number of nitrogens with one attached hydrogen (secondary N) is 2. The number of amides is 3. The molecule has 1 atom stereocenters. The zero-order valence-electron chi connectivity index (χ0n) is 14.8. The van der Waals surface area contributed by atoms with E-state index in [9.17, 15) is 18.0 Å². The molecule has 0 bridgehead atoms. The molecular formula is C17H24N4O4S. The molecule has 2 aliphatic heterocycles. The van der Waals surface area contributed by atoms with Crippen molar-refractivity contribution in [3.8, 4) is 0 Å². The normalized spacial score (nSPS) is 22.1. The largest absolute Gasteiger partial charge is 0.368 e. The summed E-state index contributed by atoms with van der Waals surface area (Å²) in [7, 11) is -3.00. The van der Waals surface area contributed by atoms with Crippen LogP contribution in [-0.2, 0) is 14.6 Å². The Morgan fingerprint density at radius 2 is 1.88 bits per heavy atom. The van der Waals surface area contributed by atoms with Gasteiger partial charge < -0.3 is 20.4 Å². The van der Waals surface area contributed by atoms with Gasteiger partial charge in [0.2, 0.25) is 5.91 Å². The van der Waals surface area contributed by atoms with Gasteiger partial charge in [-0.2, -0.15) is 0 Å². The number of hydrogen-bond acceptors (Lipinski definition) is 5. The van der Waals surface area contributed by atoms with Crippen LogP contribution >= 0.6 is 0 Å². The molecule has 8 nitrogen and oxygen atoms in total. The first-order chi connectivity index (χ1) is 12.3.